The number of amides is 1. The van der Waals surface area contributed by atoms with Crippen LogP contribution in [0.1, 0.15) is 28.8 Å². The van der Waals surface area contributed by atoms with Crippen LogP contribution in [-0.2, 0) is 0 Å². The van der Waals surface area contributed by atoms with Gasteiger partial charge in [-0.25, -0.2) is 9.67 Å². The van der Waals surface area contributed by atoms with Crippen molar-refractivity contribution in [2.24, 2.45) is 0 Å². The molecular weight excluding hydrogens is 266 g/mol. The van der Waals surface area contributed by atoms with E-state index >= 15 is 0 Å². The Morgan fingerprint density at radius 2 is 2.43 bits per heavy atom. The Kier molecular flexibility index (Phi) is 3.96. The van der Waals surface area contributed by atoms with Crippen LogP contribution < -0.4 is 10.6 Å². The minimum absolute atomic E-state index is 0.0219. The lowest BCUT2D eigenvalue weighted by Gasteiger charge is -2.13. The molecule has 1 aliphatic rings. The number of nitrogens with zero attached hydrogens (tertiary/aromatic N) is 3. The van der Waals surface area contributed by atoms with Crippen LogP contribution in [0.3, 0.4) is 0 Å². The maximum absolute atomic E-state index is 12.2. The molecule has 1 atom stereocenters. The molecule has 6 heteroatoms. The van der Waals surface area contributed by atoms with E-state index in [2.05, 4.69) is 20.7 Å². The summed E-state index contributed by atoms with van der Waals surface area (Å²) in [7, 11) is 0. The first kappa shape index (κ1) is 13.8. The fourth-order valence-electron chi connectivity index (χ4n) is 2.63. The summed E-state index contributed by atoms with van der Waals surface area (Å²) in [5, 5.41) is 10.5. The number of aromatic nitrogens is 3. The molecule has 0 spiro atoms. The first-order valence-electron chi connectivity index (χ1n) is 7.21. The fourth-order valence-corrected chi connectivity index (χ4v) is 2.63. The van der Waals surface area contributed by atoms with Crippen LogP contribution in [0.4, 0.5) is 0 Å². The van der Waals surface area contributed by atoms with Crippen molar-refractivity contribution in [2.45, 2.75) is 25.8 Å². The third kappa shape index (κ3) is 3.11. The van der Waals surface area contributed by atoms with Crippen LogP contribution in [0, 0.1) is 6.92 Å². The smallest absolute Gasteiger partial charge is 0.251 e. The third-order valence-corrected chi connectivity index (χ3v) is 3.81. The predicted molar refractivity (Wildman–Crippen MR) is 79.5 cm³/mol. The Labute approximate surface area is 123 Å². The zero-order chi connectivity index (χ0) is 14.7. The lowest BCUT2D eigenvalue weighted by Crippen LogP contribution is -2.37. The van der Waals surface area contributed by atoms with Crippen molar-refractivity contribution in [3.63, 3.8) is 0 Å². The molecule has 2 heterocycles. The van der Waals surface area contributed by atoms with Gasteiger partial charge in [0.05, 0.1) is 5.69 Å². The molecule has 1 saturated heterocycles. The fraction of sp³-hybridized carbons (Fsp3) is 0.400. The van der Waals surface area contributed by atoms with Gasteiger partial charge in [-0.1, -0.05) is 0 Å². The van der Waals surface area contributed by atoms with E-state index in [-0.39, 0.29) is 5.91 Å². The van der Waals surface area contributed by atoms with E-state index in [0.717, 1.165) is 24.2 Å². The first-order valence-corrected chi connectivity index (χ1v) is 7.21. The molecule has 1 aromatic carbocycles. The maximum Gasteiger partial charge on any atom is 0.251 e. The Hall–Kier alpha value is -2.21. The highest BCUT2D eigenvalue weighted by molar-refractivity contribution is 5.95. The molecule has 3 rings (SSSR count). The molecule has 2 aromatic rings. The monoisotopic (exact) mass is 285 g/mol. The third-order valence-electron chi connectivity index (χ3n) is 3.81. The van der Waals surface area contributed by atoms with E-state index in [4.69, 9.17) is 0 Å². The highest BCUT2D eigenvalue weighted by Gasteiger charge is 2.16. The second-order valence-corrected chi connectivity index (χ2v) is 5.34. The summed E-state index contributed by atoms with van der Waals surface area (Å²) in [4.78, 5) is 16.2. The first-order chi connectivity index (χ1) is 10.2. The van der Waals surface area contributed by atoms with Crippen molar-refractivity contribution in [3.05, 3.63) is 42.0 Å². The summed E-state index contributed by atoms with van der Waals surface area (Å²) in [5.41, 5.74) is 2.54. The van der Waals surface area contributed by atoms with Crippen molar-refractivity contribution < 1.29 is 4.79 Å². The summed E-state index contributed by atoms with van der Waals surface area (Å²) in [6.07, 6.45) is 5.45. The Morgan fingerprint density at radius 1 is 1.52 bits per heavy atom. The molecule has 0 aliphatic carbocycles. The standard InChI is InChI=1S/C15H19N5O/c1-11-7-13(20-10-16-9-19-20)4-5-14(11)15(21)18-8-12-3-2-6-17-12/h4-5,7,9-10,12,17H,2-3,6,8H2,1H3,(H,18,21). The van der Waals surface area contributed by atoms with Crippen LogP contribution in [0.15, 0.2) is 30.9 Å². The predicted octanol–water partition coefficient (Wildman–Crippen LogP) is 1.06. The Balaban J connectivity index is 1.68. The number of aryl methyl sites for hydroxylation is 1. The molecule has 0 bridgehead atoms. The van der Waals surface area contributed by atoms with Crippen molar-refractivity contribution in [1.82, 2.24) is 25.4 Å². The molecule has 1 aromatic heterocycles. The topological polar surface area (TPSA) is 71.8 Å². The molecule has 1 fully saturated rings. The minimum atomic E-state index is -0.0219. The molecule has 1 amide bonds. The molecule has 6 nitrogen and oxygen atoms in total. The van der Waals surface area contributed by atoms with E-state index < -0.39 is 0 Å². The van der Waals surface area contributed by atoms with Gasteiger partial charge in [0, 0.05) is 18.2 Å². The number of rotatable bonds is 4. The molecule has 110 valence electrons. The van der Waals surface area contributed by atoms with Crippen LogP contribution in [-0.4, -0.2) is 39.8 Å². The van der Waals surface area contributed by atoms with E-state index in [0.29, 0.717) is 18.2 Å². The van der Waals surface area contributed by atoms with E-state index in [9.17, 15) is 4.79 Å². The maximum atomic E-state index is 12.2. The van der Waals surface area contributed by atoms with Gasteiger partial charge in [-0.05, 0) is 50.1 Å². The summed E-state index contributed by atoms with van der Waals surface area (Å²) in [5.74, 6) is -0.0219. The van der Waals surface area contributed by atoms with Gasteiger partial charge in [0.25, 0.3) is 5.91 Å². The number of nitrogens with one attached hydrogen (secondary N) is 2. The zero-order valence-corrected chi connectivity index (χ0v) is 12.0. The summed E-state index contributed by atoms with van der Waals surface area (Å²) < 4.78 is 1.68. The second kappa shape index (κ2) is 6.05. The van der Waals surface area contributed by atoms with Gasteiger partial charge in [0.1, 0.15) is 12.7 Å². The van der Waals surface area contributed by atoms with E-state index in [1.807, 2.05) is 25.1 Å². The highest BCUT2D eigenvalue weighted by Crippen LogP contribution is 2.14. The molecular formula is C15H19N5O. The quantitative estimate of drug-likeness (QED) is 0.881. The van der Waals surface area contributed by atoms with Crippen LogP contribution in [0.25, 0.3) is 5.69 Å². The number of hydrogen-bond donors (Lipinski definition) is 2. The highest BCUT2D eigenvalue weighted by atomic mass is 16.1. The second-order valence-electron chi connectivity index (χ2n) is 5.34. The Bertz CT molecular complexity index is 617. The number of carbonyl (C=O) groups is 1. The van der Waals surface area contributed by atoms with E-state index in [1.54, 1.807) is 11.0 Å². The van der Waals surface area contributed by atoms with Crippen molar-refractivity contribution in [2.75, 3.05) is 13.1 Å². The minimum Gasteiger partial charge on any atom is -0.350 e. The van der Waals surface area contributed by atoms with Crippen molar-refractivity contribution in [1.29, 1.82) is 0 Å². The van der Waals surface area contributed by atoms with Gasteiger partial charge in [-0.3, -0.25) is 4.79 Å². The number of carbonyl (C=O) groups excluding carboxylic acids is 1. The molecule has 1 unspecified atom stereocenters. The molecule has 0 saturated carbocycles. The SMILES string of the molecule is Cc1cc(-n2cncn2)ccc1C(=O)NCC1CCCN1. The largest absolute Gasteiger partial charge is 0.350 e. The summed E-state index contributed by atoms with van der Waals surface area (Å²) >= 11 is 0. The van der Waals surface area contributed by atoms with Gasteiger partial charge in [-0.2, -0.15) is 5.10 Å². The van der Waals surface area contributed by atoms with Crippen LogP contribution >= 0.6 is 0 Å². The normalized spacial score (nSPS) is 17.9. The molecule has 2 N–H and O–H groups in total. The van der Waals surface area contributed by atoms with Crippen LogP contribution in [0.2, 0.25) is 0 Å². The lowest BCUT2D eigenvalue weighted by atomic mass is 10.1. The molecule has 0 radical (unpaired) electrons. The van der Waals surface area contributed by atoms with Gasteiger partial charge < -0.3 is 10.6 Å². The van der Waals surface area contributed by atoms with Gasteiger partial charge in [0.2, 0.25) is 0 Å². The average molecular weight is 285 g/mol. The summed E-state index contributed by atoms with van der Waals surface area (Å²) in [6, 6.07) is 6.06. The van der Waals surface area contributed by atoms with Crippen molar-refractivity contribution in [3.8, 4) is 5.69 Å². The van der Waals surface area contributed by atoms with Gasteiger partial charge >= 0.3 is 0 Å². The number of hydrogen-bond acceptors (Lipinski definition) is 4. The Morgan fingerprint density at radius 3 is 3.10 bits per heavy atom. The zero-order valence-electron chi connectivity index (χ0n) is 12.0. The van der Waals surface area contributed by atoms with Gasteiger partial charge in [0.15, 0.2) is 0 Å². The molecule has 21 heavy (non-hydrogen) atoms. The average Bonchev–Trinajstić information content (AvgIpc) is 3.18. The summed E-state index contributed by atoms with van der Waals surface area (Å²) in [6.45, 7) is 3.67. The number of benzene rings is 1. The van der Waals surface area contributed by atoms with Crippen molar-refractivity contribution >= 4 is 5.91 Å². The van der Waals surface area contributed by atoms with Crippen LogP contribution in [0.5, 0.6) is 0 Å². The van der Waals surface area contributed by atoms with Gasteiger partial charge in [-0.15, -0.1) is 0 Å². The lowest BCUT2D eigenvalue weighted by molar-refractivity contribution is 0.0949. The van der Waals surface area contributed by atoms with E-state index in [1.165, 1.54) is 12.7 Å². The molecule has 1 aliphatic heterocycles.